The van der Waals surface area contributed by atoms with Gasteiger partial charge in [-0.2, -0.15) is 0 Å². The van der Waals surface area contributed by atoms with Gasteiger partial charge in [-0.15, -0.1) is 0 Å². The fourth-order valence-corrected chi connectivity index (χ4v) is 15.5. The molecule has 0 heterocycles. The molecule has 0 amide bonds. The van der Waals surface area contributed by atoms with Crippen LogP contribution in [0.15, 0.2) is 0 Å². The van der Waals surface area contributed by atoms with E-state index in [0.29, 0.717) is 25.7 Å². The summed E-state index contributed by atoms with van der Waals surface area (Å²) in [5.41, 5.74) is 0. The van der Waals surface area contributed by atoms with E-state index in [0.717, 1.165) is 102 Å². The third kappa shape index (κ3) is 82.1. The quantitative estimate of drug-likeness (QED) is 0.0222. The molecule has 0 aromatic rings. The van der Waals surface area contributed by atoms with Crippen molar-refractivity contribution >= 4 is 39.5 Å². The topological polar surface area (TPSA) is 237 Å². The van der Waals surface area contributed by atoms with Crippen molar-refractivity contribution in [1.82, 2.24) is 0 Å². The smallest absolute Gasteiger partial charge is 0.462 e. The predicted octanol–water partition coefficient (Wildman–Crippen LogP) is 27.4. The van der Waals surface area contributed by atoms with E-state index in [2.05, 4.69) is 41.5 Å². The van der Waals surface area contributed by atoms with Crippen LogP contribution in [0, 0.1) is 11.8 Å². The first kappa shape index (κ1) is 106. The first-order chi connectivity index (χ1) is 52.4. The molecule has 642 valence electrons. The zero-order valence-electron chi connectivity index (χ0n) is 71.2. The van der Waals surface area contributed by atoms with Gasteiger partial charge in [0.05, 0.1) is 26.4 Å². The van der Waals surface area contributed by atoms with Gasteiger partial charge in [-0.05, 0) is 37.5 Å². The van der Waals surface area contributed by atoms with Gasteiger partial charge in [0.1, 0.15) is 19.3 Å². The van der Waals surface area contributed by atoms with Crippen LogP contribution in [-0.2, 0) is 65.4 Å². The Morgan fingerprint density at radius 2 is 0.426 bits per heavy atom. The summed E-state index contributed by atoms with van der Waals surface area (Å²) < 4.78 is 69.0. The van der Waals surface area contributed by atoms with Crippen LogP contribution in [0.3, 0.4) is 0 Å². The average molecular weight is 1580 g/mol. The number of phosphoric acid groups is 2. The van der Waals surface area contributed by atoms with Crippen molar-refractivity contribution in [3.05, 3.63) is 0 Å². The van der Waals surface area contributed by atoms with Gasteiger partial charge in [-0.1, -0.05) is 427 Å². The van der Waals surface area contributed by atoms with Crippen molar-refractivity contribution in [3.63, 3.8) is 0 Å². The number of aliphatic hydroxyl groups is 1. The molecule has 0 saturated heterocycles. The number of esters is 4. The van der Waals surface area contributed by atoms with E-state index >= 15 is 0 Å². The monoisotopic (exact) mass is 1580 g/mol. The molecule has 108 heavy (non-hydrogen) atoms. The van der Waals surface area contributed by atoms with Crippen molar-refractivity contribution in [2.45, 2.75) is 496 Å². The molecule has 5 atom stereocenters. The third-order valence-corrected chi connectivity index (χ3v) is 22.9. The summed E-state index contributed by atoms with van der Waals surface area (Å²) in [6.45, 7) is 9.71. The lowest BCUT2D eigenvalue weighted by Crippen LogP contribution is -2.30. The molecule has 0 rings (SSSR count). The molecule has 0 aromatic carbocycles. The summed E-state index contributed by atoms with van der Waals surface area (Å²) in [5, 5.41) is 10.7. The lowest BCUT2D eigenvalue weighted by Gasteiger charge is -2.21. The van der Waals surface area contributed by atoms with E-state index in [-0.39, 0.29) is 25.7 Å². The first-order valence-corrected chi connectivity index (χ1v) is 49.0. The van der Waals surface area contributed by atoms with E-state index in [1.54, 1.807) is 0 Å². The van der Waals surface area contributed by atoms with Crippen LogP contribution in [0.2, 0.25) is 0 Å². The van der Waals surface area contributed by atoms with E-state index in [1.165, 1.54) is 295 Å². The maximum atomic E-state index is 13.2. The van der Waals surface area contributed by atoms with Crippen LogP contribution in [0.4, 0.5) is 0 Å². The van der Waals surface area contributed by atoms with Gasteiger partial charge in [0.25, 0.3) is 0 Å². The minimum atomic E-state index is -4.97. The average Bonchev–Trinajstić information content (AvgIpc) is 0.893. The van der Waals surface area contributed by atoms with Crippen molar-refractivity contribution in [2.24, 2.45) is 11.8 Å². The molecule has 0 aliphatic heterocycles. The second-order valence-electron chi connectivity index (χ2n) is 32.9. The second kappa shape index (κ2) is 80.3. The van der Waals surface area contributed by atoms with Gasteiger partial charge in [-0.25, -0.2) is 9.13 Å². The molecule has 0 aromatic heterocycles. The zero-order valence-corrected chi connectivity index (χ0v) is 73.0. The molecule has 17 nitrogen and oxygen atoms in total. The molecule has 0 aliphatic carbocycles. The summed E-state index contributed by atoms with van der Waals surface area (Å²) in [5.74, 6) is -0.547. The molecular weight excluding hydrogens is 1400 g/mol. The van der Waals surface area contributed by atoms with Crippen LogP contribution in [-0.4, -0.2) is 96.7 Å². The molecule has 0 saturated carbocycles. The summed E-state index contributed by atoms with van der Waals surface area (Å²) in [4.78, 5) is 73.4. The Labute approximate surface area is 664 Å². The highest BCUT2D eigenvalue weighted by Crippen LogP contribution is 2.45. The van der Waals surface area contributed by atoms with E-state index in [4.69, 9.17) is 37.0 Å². The van der Waals surface area contributed by atoms with Gasteiger partial charge < -0.3 is 33.8 Å². The molecule has 0 bridgehead atoms. The van der Waals surface area contributed by atoms with Crippen LogP contribution in [0.1, 0.15) is 478 Å². The van der Waals surface area contributed by atoms with Gasteiger partial charge >= 0.3 is 39.5 Å². The maximum absolute atomic E-state index is 13.2. The Kier molecular flexibility index (Phi) is 78.8. The molecule has 0 fully saturated rings. The number of carbonyl (C=O) groups is 4. The predicted molar refractivity (Wildman–Crippen MR) is 446 cm³/mol. The van der Waals surface area contributed by atoms with Gasteiger partial charge in [0, 0.05) is 25.7 Å². The highest BCUT2D eigenvalue weighted by Gasteiger charge is 2.31. The number of rotatable bonds is 88. The Bertz CT molecular complexity index is 2060. The molecule has 0 radical (unpaired) electrons. The zero-order chi connectivity index (χ0) is 79.2. The Hall–Kier alpha value is -1.94. The summed E-state index contributed by atoms with van der Waals surface area (Å²) >= 11 is 0. The lowest BCUT2D eigenvalue weighted by molar-refractivity contribution is -0.161. The van der Waals surface area contributed by atoms with E-state index in [9.17, 15) is 43.2 Å². The number of carbonyl (C=O) groups excluding carboxylic acids is 4. The van der Waals surface area contributed by atoms with Crippen LogP contribution >= 0.6 is 15.6 Å². The fourth-order valence-electron chi connectivity index (χ4n) is 14.0. The number of aliphatic hydroxyl groups excluding tert-OH is 1. The van der Waals surface area contributed by atoms with Crippen LogP contribution in [0.25, 0.3) is 0 Å². The fraction of sp³-hybridized carbons (Fsp3) is 0.955. The number of ether oxygens (including phenoxy) is 4. The van der Waals surface area contributed by atoms with E-state index in [1.807, 2.05) is 0 Å². The molecular formula is C89H174O17P2. The number of phosphoric ester groups is 2. The molecule has 0 aliphatic rings. The van der Waals surface area contributed by atoms with Gasteiger partial charge in [-0.3, -0.25) is 37.3 Å². The second-order valence-corrected chi connectivity index (χ2v) is 35.8. The SMILES string of the molecule is CCCCCCCCCCCCCCCCCCCCCCC(=O)O[C@H](COC(=O)CCCCCCCCCCCCCCCCCC(C)C)COP(=O)(O)OC[C@@H](O)COP(=O)(O)OC[C@@H](COC(=O)CCCCCCCCCCCC(C)C)OC(=O)CCCCCCCCCCCCCCCCCCCC. The summed E-state index contributed by atoms with van der Waals surface area (Å²) in [7, 11) is -9.93. The lowest BCUT2D eigenvalue weighted by atomic mass is 10.0. The van der Waals surface area contributed by atoms with Crippen LogP contribution in [0.5, 0.6) is 0 Å². The van der Waals surface area contributed by atoms with Crippen molar-refractivity contribution in [1.29, 1.82) is 0 Å². The Morgan fingerprint density at radius 1 is 0.250 bits per heavy atom. The summed E-state index contributed by atoms with van der Waals surface area (Å²) in [6.07, 6.45) is 73.6. The minimum Gasteiger partial charge on any atom is -0.462 e. The summed E-state index contributed by atoms with van der Waals surface area (Å²) in [6, 6.07) is 0. The molecule has 3 N–H and O–H groups in total. The van der Waals surface area contributed by atoms with Crippen molar-refractivity contribution in [2.75, 3.05) is 39.6 Å². The standard InChI is InChI=1S/C89H174O17P2/c1-7-9-11-13-15-17-19-21-23-25-27-28-30-34-39-43-49-56-62-68-73-88(93)105-84(77-99-86(91)71-65-59-53-47-41-37-35-31-32-36-40-45-51-57-63-69-81(3)4)79-103-107(95,96)101-75-83(90)76-102-108(97,98)104-80-85(78-100-87(92)72-66-60-54-50-44-46-52-58-64-70-82(5)6)106-89(94)74-67-61-55-48-42-38-33-29-26-24-22-20-18-16-14-12-10-8-2/h81-85,90H,7-80H2,1-6H3,(H,95,96)(H,97,98)/t83-,84-,85-/m1/s1. The largest absolute Gasteiger partial charge is 0.472 e. The third-order valence-electron chi connectivity index (χ3n) is 21.0. The van der Waals surface area contributed by atoms with Crippen LogP contribution < -0.4 is 0 Å². The molecule has 0 spiro atoms. The highest BCUT2D eigenvalue weighted by molar-refractivity contribution is 7.47. The molecule has 2 unspecified atom stereocenters. The van der Waals surface area contributed by atoms with E-state index < -0.39 is 97.5 Å². The van der Waals surface area contributed by atoms with Crippen molar-refractivity contribution < 1.29 is 80.2 Å². The Morgan fingerprint density at radius 3 is 0.630 bits per heavy atom. The van der Waals surface area contributed by atoms with Crippen molar-refractivity contribution in [3.8, 4) is 0 Å². The maximum Gasteiger partial charge on any atom is 0.472 e. The number of unbranched alkanes of at least 4 members (excludes halogenated alkanes) is 58. The molecule has 19 heteroatoms. The van der Waals surface area contributed by atoms with Gasteiger partial charge in [0.15, 0.2) is 12.2 Å². The Balaban J connectivity index is 5.25. The minimum absolute atomic E-state index is 0.109. The highest BCUT2D eigenvalue weighted by atomic mass is 31.2. The number of hydrogen-bond acceptors (Lipinski definition) is 15. The number of hydrogen-bond donors (Lipinski definition) is 3. The van der Waals surface area contributed by atoms with Gasteiger partial charge in [0.2, 0.25) is 0 Å². The first-order valence-electron chi connectivity index (χ1n) is 46.0. The normalized spacial score (nSPS) is 13.8.